The Balaban J connectivity index is 0.000000281. The lowest BCUT2D eigenvalue weighted by molar-refractivity contribution is 0.351. The van der Waals surface area contributed by atoms with E-state index in [0.717, 1.165) is 105 Å². The van der Waals surface area contributed by atoms with Gasteiger partial charge in [-0.15, -0.1) is 90.7 Å². The number of fused-ring (bicyclic) bond motifs is 6. The number of aryl methyl sites for hydroxylation is 4. The minimum absolute atomic E-state index is 0.0818. The Kier molecular flexibility index (Phi) is 51.3. The number of hydrogen-bond donors (Lipinski definition) is 0. The third-order valence-corrected chi connectivity index (χ3v) is 37.0. The largest absolute Gasteiger partial charge is 0.274 e. The first-order chi connectivity index (χ1) is 60.8. The highest BCUT2D eigenvalue weighted by molar-refractivity contribution is 9.11. The summed E-state index contributed by atoms with van der Waals surface area (Å²) in [6.07, 6.45) is 75.5. The third kappa shape index (κ3) is 33.8. The van der Waals surface area contributed by atoms with E-state index >= 15 is 9.59 Å². The van der Waals surface area contributed by atoms with Crippen molar-refractivity contribution in [2.75, 3.05) is 0 Å². The molecular formula is C108H160Br2N2O4S8. The molecule has 0 bridgehead atoms. The molecule has 0 aromatic carbocycles. The number of nitrogens with zero attached hydrogens (tertiary/aromatic N) is 2. The number of halogens is 2. The topological polar surface area (TPSA) is 78.1 Å². The number of unbranched alkanes of at least 4 members (excludes halogenated alkanes) is 44. The minimum Gasteiger partial charge on any atom is -0.274 e. The summed E-state index contributed by atoms with van der Waals surface area (Å²) in [5.74, 6) is 0.656. The molecule has 0 saturated heterocycles. The Hall–Kier alpha value is -3.16. The molecule has 16 heteroatoms. The van der Waals surface area contributed by atoms with Gasteiger partial charge in [-0.25, -0.2) is 0 Å². The van der Waals surface area contributed by atoms with Crippen LogP contribution in [-0.4, -0.2) is 9.13 Å². The molecule has 0 amide bonds. The zero-order valence-corrected chi connectivity index (χ0v) is 88.0. The van der Waals surface area contributed by atoms with Gasteiger partial charge in [0.1, 0.15) is 0 Å². The standard InChI is InChI=1S/C54H79Br2NO2S4.C54H81NO2S4/c1-5-9-13-17-20-22-25-29-33-41-35-47(55)62-49(41)45-37-43-51(60-45)52-44(38-46(61-52)50-42(36-48(56)63-50)34-30-26-23-21-18-14-10-6-2)54(59)57(53(43)58)39-40(31-27-16-12-8-4)32-28-24-19-15-11-7-3;1-5-9-13-17-20-22-25-29-33-43-35-37-58-49(43)47-39-45-51(60-47)52-46(40-48(61-52)50-44(36-38-59-50)34-30-26-23-21-18-14-10-6-2)54(57)55(53(45)56)41-42(31-27-16-12-8-4)32-28-24-19-15-11-7-3/h35-38,40H,5-34,39H2,1-4H3;35-40,42H,5-34,41H2,1-4H3. The average molecular weight is 1970 g/mol. The Bertz CT molecular complexity index is 4610. The van der Waals surface area contributed by atoms with Crippen molar-refractivity contribution in [1.29, 1.82) is 0 Å². The van der Waals surface area contributed by atoms with E-state index in [1.54, 1.807) is 77.2 Å². The molecular weight excluding hydrogens is 1810 g/mol. The molecule has 10 heterocycles. The summed E-state index contributed by atoms with van der Waals surface area (Å²) in [6, 6.07) is 17.9. The van der Waals surface area contributed by atoms with Crippen molar-refractivity contribution < 1.29 is 0 Å². The summed E-state index contributed by atoms with van der Waals surface area (Å²) in [5.41, 5.74) is 5.22. The van der Waals surface area contributed by atoms with Crippen LogP contribution in [0.3, 0.4) is 0 Å². The second-order valence-electron chi connectivity index (χ2n) is 36.7. The smallest absolute Gasteiger partial charge is 0.262 e. The molecule has 0 aliphatic rings. The van der Waals surface area contributed by atoms with Crippen LogP contribution in [0, 0.1) is 11.8 Å². The molecule has 0 radical (unpaired) electrons. The summed E-state index contributed by atoms with van der Waals surface area (Å²) in [6.45, 7) is 19.3. The van der Waals surface area contributed by atoms with E-state index in [-0.39, 0.29) is 22.2 Å². The fraction of sp³-hybridized carbons (Fsp3) is 0.667. The van der Waals surface area contributed by atoms with Gasteiger partial charge in [0, 0.05) is 52.1 Å². The van der Waals surface area contributed by atoms with Gasteiger partial charge in [0.25, 0.3) is 22.2 Å². The first-order valence-corrected chi connectivity index (χ1v) is 59.0. The Morgan fingerprint density at radius 2 is 0.460 bits per heavy atom. The minimum atomic E-state index is -0.0987. The zero-order chi connectivity index (χ0) is 87.9. The molecule has 2 unspecified atom stereocenters. The van der Waals surface area contributed by atoms with Crippen LogP contribution in [-0.2, 0) is 38.8 Å². The normalized spacial score (nSPS) is 12.4. The van der Waals surface area contributed by atoms with Crippen LogP contribution in [0.4, 0.5) is 0 Å². The van der Waals surface area contributed by atoms with Crippen LogP contribution in [0.2, 0.25) is 0 Å². The van der Waals surface area contributed by atoms with Crippen molar-refractivity contribution in [2.45, 2.75) is 454 Å². The maximum Gasteiger partial charge on any atom is 0.262 e. The monoisotopic (exact) mass is 1960 g/mol. The van der Waals surface area contributed by atoms with Gasteiger partial charge in [0.05, 0.1) is 47.9 Å². The van der Waals surface area contributed by atoms with Gasteiger partial charge < -0.3 is 0 Å². The van der Waals surface area contributed by atoms with Crippen molar-refractivity contribution in [1.82, 2.24) is 9.13 Å². The summed E-state index contributed by atoms with van der Waals surface area (Å²) >= 11 is 21.9. The van der Waals surface area contributed by atoms with E-state index in [4.69, 9.17) is 0 Å². The molecule has 0 spiro atoms. The lowest BCUT2D eigenvalue weighted by Crippen LogP contribution is -2.33. The third-order valence-electron chi connectivity index (χ3n) is 26.1. The van der Waals surface area contributed by atoms with Crippen LogP contribution >= 0.6 is 123 Å². The maximum atomic E-state index is 15.0. The van der Waals surface area contributed by atoms with Gasteiger partial charge in [0.2, 0.25) is 0 Å². The van der Waals surface area contributed by atoms with Gasteiger partial charge in [-0.2, -0.15) is 0 Å². The van der Waals surface area contributed by atoms with E-state index in [9.17, 15) is 9.59 Å². The molecule has 0 N–H and O–H groups in total. The summed E-state index contributed by atoms with van der Waals surface area (Å²) < 4.78 is 9.65. The van der Waals surface area contributed by atoms with Crippen LogP contribution < -0.4 is 22.2 Å². The fourth-order valence-corrected chi connectivity index (χ4v) is 29.4. The van der Waals surface area contributed by atoms with E-state index < -0.39 is 0 Å². The first-order valence-electron chi connectivity index (χ1n) is 50.8. The Labute approximate surface area is 799 Å². The van der Waals surface area contributed by atoms with Crippen molar-refractivity contribution in [2.24, 2.45) is 11.8 Å². The molecule has 6 nitrogen and oxygen atoms in total. The molecule has 0 aliphatic carbocycles. The average Bonchev–Trinajstić information content (AvgIpc) is 1.59. The van der Waals surface area contributed by atoms with Crippen molar-refractivity contribution >= 4 is 163 Å². The predicted octanol–water partition coefficient (Wildman–Crippen LogP) is 39.1. The second kappa shape index (κ2) is 60.8. The fourth-order valence-electron chi connectivity index (χ4n) is 18.6. The number of aromatic nitrogens is 2. The molecule has 10 aromatic rings. The van der Waals surface area contributed by atoms with Gasteiger partial charge in [-0.3, -0.25) is 28.3 Å². The molecule has 0 aliphatic heterocycles. The second-order valence-corrected chi connectivity index (χ2v) is 47.6. The van der Waals surface area contributed by atoms with Gasteiger partial charge in [-0.1, -0.05) is 364 Å². The van der Waals surface area contributed by atoms with Crippen molar-refractivity contribution in [3.05, 3.63) is 131 Å². The first kappa shape index (κ1) is 105. The maximum absolute atomic E-state index is 15.0. The van der Waals surface area contributed by atoms with Gasteiger partial charge >= 0.3 is 0 Å². The van der Waals surface area contributed by atoms with Crippen LogP contribution in [0.1, 0.15) is 437 Å². The molecule has 688 valence electrons. The SMILES string of the molecule is CCCCCCCCCCc1cc(Br)sc1-c1cc2c(=O)n(CC(CCCCCC)CCCCCCCC)c(=O)c3cc(-c4sc(Br)cc4CCCCCCCCCC)sc3c2s1.CCCCCCCCCCc1ccsc1-c1cc2c(=O)n(CC(CCCCCC)CCCCCCCC)c(=O)c3cc(-c4sccc4CCCCCCCCCC)sc3c2s1. The van der Waals surface area contributed by atoms with Crippen LogP contribution in [0.25, 0.3) is 79.4 Å². The van der Waals surface area contributed by atoms with Crippen molar-refractivity contribution in [3.8, 4) is 39.0 Å². The molecule has 2 atom stereocenters. The summed E-state index contributed by atoms with van der Waals surface area (Å²) in [5, 5.41) is 7.39. The number of thiophene rings is 8. The molecule has 0 saturated carbocycles. The highest BCUT2D eigenvalue weighted by Crippen LogP contribution is 2.49. The molecule has 10 rings (SSSR count). The van der Waals surface area contributed by atoms with E-state index in [0.29, 0.717) is 35.7 Å². The molecule has 10 aromatic heterocycles. The summed E-state index contributed by atoms with van der Waals surface area (Å²) in [4.78, 5) is 69.7. The van der Waals surface area contributed by atoms with Gasteiger partial charge in [-0.05, 0) is 202 Å². The lowest BCUT2D eigenvalue weighted by atomic mass is 9.94. The van der Waals surface area contributed by atoms with Gasteiger partial charge in [0.15, 0.2) is 0 Å². The molecule has 0 fully saturated rings. The van der Waals surface area contributed by atoms with E-state index in [1.165, 1.54) is 379 Å². The van der Waals surface area contributed by atoms with Crippen LogP contribution in [0.5, 0.6) is 0 Å². The quantitative estimate of drug-likeness (QED) is 0.0356. The van der Waals surface area contributed by atoms with Crippen LogP contribution in [0.15, 0.2) is 86.0 Å². The molecule has 124 heavy (non-hydrogen) atoms. The van der Waals surface area contributed by atoms with Crippen molar-refractivity contribution in [3.63, 3.8) is 0 Å². The number of rotatable bonds is 68. The highest BCUT2D eigenvalue weighted by Gasteiger charge is 2.27. The summed E-state index contributed by atoms with van der Waals surface area (Å²) in [7, 11) is 0. The predicted molar refractivity (Wildman–Crippen MR) is 570 cm³/mol. The Morgan fingerprint density at radius 1 is 0.250 bits per heavy atom. The van der Waals surface area contributed by atoms with E-state index in [1.807, 2.05) is 22.7 Å². The number of hydrogen-bond acceptors (Lipinski definition) is 12. The van der Waals surface area contributed by atoms with E-state index in [2.05, 4.69) is 147 Å². The zero-order valence-electron chi connectivity index (χ0n) is 78.3. The lowest BCUT2D eigenvalue weighted by Gasteiger charge is -2.17. The Morgan fingerprint density at radius 3 is 0.710 bits per heavy atom. The highest BCUT2D eigenvalue weighted by atomic mass is 79.9.